The van der Waals surface area contributed by atoms with Crippen molar-refractivity contribution in [2.24, 2.45) is 0 Å². The second-order valence-corrected chi connectivity index (χ2v) is 9.42. The number of carbonyl (C=O) groups is 1. The summed E-state index contributed by atoms with van der Waals surface area (Å²) in [5, 5.41) is 6.52. The van der Waals surface area contributed by atoms with Gasteiger partial charge in [0.05, 0.1) is 34.9 Å². The number of rotatable bonds is 5. The van der Waals surface area contributed by atoms with Gasteiger partial charge in [-0.05, 0) is 55.5 Å². The van der Waals surface area contributed by atoms with Gasteiger partial charge in [-0.1, -0.05) is 30.3 Å². The average Bonchev–Trinajstić information content (AvgIpc) is 3.18. The Hall–Kier alpha value is -2.59. The highest BCUT2D eigenvalue weighted by atomic mass is 19.4. The van der Waals surface area contributed by atoms with Crippen molar-refractivity contribution in [1.82, 2.24) is 10.6 Å². The zero-order valence-corrected chi connectivity index (χ0v) is 19.0. The van der Waals surface area contributed by atoms with Gasteiger partial charge in [-0.25, -0.2) is 0 Å². The molecule has 3 atom stereocenters. The summed E-state index contributed by atoms with van der Waals surface area (Å²) in [6.07, 6.45) is -8.49. The first-order valence-corrected chi connectivity index (χ1v) is 11.3. The van der Waals surface area contributed by atoms with Crippen molar-refractivity contribution in [1.29, 1.82) is 0 Å². The molecule has 0 aromatic heterocycles. The molecule has 0 saturated carbocycles. The van der Waals surface area contributed by atoms with E-state index in [-0.39, 0.29) is 29.7 Å². The lowest BCUT2D eigenvalue weighted by Crippen LogP contribution is -2.61. The summed E-state index contributed by atoms with van der Waals surface area (Å²) in [7, 11) is 0. The Balaban J connectivity index is 1.58. The maximum Gasteiger partial charge on any atom is 0.416 e. The summed E-state index contributed by atoms with van der Waals surface area (Å²) in [4.78, 5) is 11.8. The van der Waals surface area contributed by atoms with Crippen molar-refractivity contribution in [2.75, 3.05) is 13.2 Å². The van der Waals surface area contributed by atoms with Crippen LogP contribution in [0, 0.1) is 0 Å². The van der Waals surface area contributed by atoms with Crippen LogP contribution in [0.25, 0.3) is 0 Å². The highest BCUT2D eigenvalue weighted by Crippen LogP contribution is 2.40. The van der Waals surface area contributed by atoms with Crippen LogP contribution >= 0.6 is 0 Å². The summed E-state index contributed by atoms with van der Waals surface area (Å²) in [6, 6.07) is 10.9. The van der Waals surface area contributed by atoms with Gasteiger partial charge >= 0.3 is 12.4 Å². The van der Waals surface area contributed by atoms with Crippen LogP contribution in [-0.2, 0) is 27.4 Å². The van der Waals surface area contributed by atoms with Crippen LogP contribution in [0.4, 0.5) is 26.3 Å². The molecule has 0 radical (unpaired) electrons. The summed E-state index contributed by atoms with van der Waals surface area (Å²) >= 11 is 0. The molecule has 2 N–H and O–H groups in total. The fourth-order valence-corrected chi connectivity index (χ4v) is 4.85. The van der Waals surface area contributed by atoms with Gasteiger partial charge in [0.2, 0.25) is 5.91 Å². The molecule has 10 heteroatoms. The molecular weight excluding hydrogens is 474 g/mol. The lowest BCUT2D eigenvalue weighted by atomic mass is 9.76. The van der Waals surface area contributed by atoms with E-state index in [1.807, 2.05) is 30.3 Å². The Morgan fingerprint density at radius 2 is 1.57 bits per heavy atom. The predicted octanol–water partition coefficient (Wildman–Crippen LogP) is 5.73. The zero-order valence-electron chi connectivity index (χ0n) is 19.0. The fraction of sp³-hybridized carbons (Fsp3) is 0.480. The fourth-order valence-electron chi connectivity index (χ4n) is 4.85. The quantitative estimate of drug-likeness (QED) is 0.516. The molecule has 0 bridgehead atoms. The summed E-state index contributed by atoms with van der Waals surface area (Å²) in [5.74, 6) is -0.00565. The number of piperidine rings is 1. The number of carbonyl (C=O) groups excluding carboxylic acids is 1. The predicted molar refractivity (Wildman–Crippen MR) is 116 cm³/mol. The normalized spacial score (nSPS) is 26.1. The van der Waals surface area contributed by atoms with Crippen molar-refractivity contribution in [3.05, 3.63) is 70.8 Å². The topological polar surface area (TPSA) is 50.4 Å². The van der Waals surface area contributed by atoms with Gasteiger partial charge in [-0.2, -0.15) is 26.3 Å². The van der Waals surface area contributed by atoms with Crippen molar-refractivity contribution in [2.45, 2.75) is 62.1 Å². The van der Waals surface area contributed by atoms with Gasteiger partial charge in [0, 0.05) is 13.0 Å². The third-order valence-corrected chi connectivity index (χ3v) is 7.02. The lowest BCUT2D eigenvalue weighted by molar-refractivity contribution is -0.143. The number of halogens is 6. The number of alkyl halides is 6. The van der Waals surface area contributed by atoms with Crippen LogP contribution < -0.4 is 10.6 Å². The first-order chi connectivity index (χ1) is 16.3. The molecule has 2 aromatic carbocycles. The lowest BCUT2D eigenvalue weighted by Gasteiger charge is -2.46. The van der Waals surface area contributed by atoms with Gasteiger partial charge in [0.15, 0.2) is 0 Å². The average molecular weight is 500 g/mol. The van der Waals surface area contributed by atoms with E-state index in [2.05, 4.69) is 10.6 Å². The monoisotopic (exact) mass is 500 g/mol. The van der Waals surface area contributed by atoms with Gasteiger partial charge in [0.25, 0.3) is 0 Å². The number of ether oxygens (including phenoxy) is 1. The smallest absolute Gasteiger partial charge is 0.372 e. The minimum atomic E-state index is -4.92. The van der Waals surface area contributed by atoms with Gasteiger partial charge in [0.1, 0.15) is 0 Å². The Kier molecular flexibility index (Phi) is 6.65. The number of hydrogen-bond acceptors (Lipinski definition) is 3. The molecule has 190 valence electrons. The highest BCUT2D eigenvalue weighted by Gasteiger charge is 2.47. The summed E-state index contributed by atoms with van der Waals surface area (Å²) in [5.41, 5.74) is -3.11. The van der Waals surface area contributed by atoms with E-state index in [1.54, 1.807) is 0 Å². The van der Waals surface area contributed by atoms with E-state index in [0.29, 0.717) is 44.4 Å². The Morgan fingerprint density at radius 3 is 2.06 bits per heavy atom. The Bertz CT molecular complexity index is 1030. The highest BCUT2D eigenvalue weighted by molar-refractivity contribution is 5.79. The number of amides is 1. The van der Waals surface area contributed by atoms with E-state index >= 15 is 0 Å². The second-order valence-electron chi connectivity index (χ2n) is 9.42. The van der Waals surface area contributed by atoms with Crippen molar-refractivity contribution in [3.63, 3.8) is 0 Å². The summed E-state index contributed by atoms with van der Waals surface area (Å²) in [6.45, 7) is 1.95. The molecule has 2 aromatic rings. The molecule has 35 heavy (non-hydrogen) atoms. The number of benzene rings is 2. The standard InChI is InChI=1S/C25H26F6N2O2/c1-16(17-11-19(24(26,27)28)13-20(12-17)25(29,30)31)35-15-23(18-5-3-2-4-6-18)10-9-22(14-32-23)8-7-21(34)33-22/h2-6,11-13,16,32H,7-10,14-15H2,1H3,(H,33,34)/t16-,22?,23-/m1/s1. The third kappa shape index (κ3) is 5.48. The SMILES string of the molecule is C[C@@H](OC[C@@]1(c2ccccc2)CCC2(CCC(=O)N2)CN1)c1cc(C(F)(F)F)cc(C(F)(F)F)c1. The molecule has 2 aliphatic heterocycles. The van der Waals surface area contributed by atoms with Gasteiger partial charge in [-0.15, -0.1) is 0 Å². The molecule has 4 rings (SSSR count). The molecule has 2 heterocycles. The molecule has 1 unspecified atom stereocenters. The molecule has 2 fully saturated rings. The third-order valence-electron chi connectivity index (χ3n) is 7.02. The van der Waals surface area contributed by atoms with Crippen molar-refractivity contribution >= 4 is 5.91 Å². The van der Waals surface area contributed by atoms with Crippen LogP contribution in [0.1, 0.15) is 61.0 Å². The minimum Gasteiger partial charge on any atom is -0.372 e. The number of hydrogen-bond donors (Lipinski definition) is 2. The molecule has 1 amide bonds. The van der Waals surface area contributed by atoms with E-state index in [4.69, 9.17) is 4.74 Å². The minimum absolute atomic E-state index is 0.00565. The van der Waals surface area contributed by atoms with Gasteiger partial charge < -0.3 is 15.4 Å². The molecule has 4 nitrogen and oxygen atoms in total. The van der Waals surface area contributed by atoms with E-state index < -0.39 is 35.1 Å². The Labute approximate surface area is 199 Å². The first-order valence-electron chi connectivity index (χ1n) is 11.3. The molecule has 1 spiro atoms. The van der Waals surface area contributed by atoms with Crippen LogP contribution in [0.2, 0.25) is 0 Å². The maximum absolute atomic E-state index is 13.3. The second kappa shape index (κ2) is 9.13. The van der Waals surface area contributed by atoms with Crippen LogP contribution in [-0.4, -0.2) is 24.6 Å². The largest absolute Gasteiger partial charge is 0.416 e. The van der Waals surface area contributed by atoms with E-state index in [9.17, 15) is 31.1 Å². The first kappa shape index (κ1) is 25.5. The number of nitrogens with one attached hydrogen (secondary N) is 2. The zero-order chi connectivity index (χ0) is 25.5. The molecular formula is C25H26F6N2O2. The van der Waals surface area contributed by atoms with Gasteiger partial charge in [-0.3, -0.25) is 4.79 Å². The van der Waals surface area contributed by atoms with E-state index in [1.165, 1.54) is 6.92 Å². The van der Waals surface area contributed by atoms with Crippen LogP contribution in [0.5, 0.6) is 0 Å². The van der Waals surface area contributed by atoms with E-state index in [0.717, 1.165) is 5.56 Å². The molecule has 0 aliphatic carbocycles. The Morgan fingerprint density at radius 1 is 0.943 bits per heavy atom. The van der Waals surface area contributed by atoms with Crippen molar-refractivity contribution in [3.8, 4) is 0 Å². The summed E-state index contributed by atoms with van der Waals surface area (Å²) < 4.78 is 85.6. The van der Waals surface area contributed by atoms with Crippen LogP contribution in [0.15, 0.2) is 48.5 Å². The van der Waals surface area contributed by atoms with Crippen LogP contribution in [0.3, 0.4) is 0 Å². The van der Waals surface area contributed by atoms with Crippen molar-refractivity contribution < 1.29 is 35.9 Å². The molecule has 2 saturated heterocycles. The molecule has 2 aliphatic rings. The maximum atomic E-state index is 13.3.